The summed E-state index contributed by atoms with van der Waals surface area (Å²) >= 11 is 4.96. The minimum absolute atomic E-state index is 0.690. The summed E-state index contributed by atoms with van der Waals surface area (Å²) in [7, 11) is 4.03. The third kappa shape index (κ3) is 3.42. The molecule has 0 fully saturated rings. The molecule has 5 nitrogen and oxygen atoms in total. The van der Waals surface area contributed by atoms with E-state index < -0.39 is 6.10 Å². The monoisotopic (exact) mass is 344 g/mol. The van der Waals surface area contributed by atoms with Crippen LogP contribution in [-0.4, -0.2) is 45.4 Å². The second kappa shape index (κ2) is 6.13. The molecule has 0 radical (unpaired) electrons. The number of aliphatic hydroxyl groups excluding tert-OH is 1. The summed E-state index contributed by atoms with van der Waals surface area (Å²) in [6.45, 7) is 3.54. The number of aryl methyl sites for hydroxylation is 1. The zero-order valence-corrected chi connectivity index (χ0v) is 13.6. The van der Waals surface area contributed by atoms with Gasteiger partial charge in [0.15, 0.2) is 0 Å². The van der Waals surface area contributed by atoms with E-state index in [1.165, 1.54) is 11.3 Å². The van der Waals surface area contributed by atoms with E-state index >= 15 is 0 Å². The first-order chi connectivity index (χ1) is 8.99. The van der Waals surface area contributed by atoms with Crippen LogP contribution in [-0.2, 0) is 6.54 Å². The third-order valence-electron chi connectivity index (χ3n) is 2.76. The van der Waals surface area contributed by atoms with Crippen molar-refractivity contribution in [3.63, 3.8) is 0 Å². The van der Waals surface area contributed by atoms with Crippen LogP contribution in [0.1, 0.15) is 21.7 Å². The van der Waals surface area contributed by atoms with Crippen LogP contribution in [0.3, 0.4) is 0 Å². The first-order valence-electron chi connectivity index (χ1n) is 5.95. The fraction of sp³-hybridized carbons (Fsp3) is 0.500. The maximum absolute atomic E-state index is 10.5. The molecule has 19 heavy (non-hydrogen) atoms. The Bertz CT molecular complexity index is 552. The zero-order chi connectivity index (χ0) is 14.0. The number of halogens is 1. The number of aromatic nitrogens is 3. The molecule has 1 atom stereocenters. The van der Waals surface area contributed by atoms with Gasteiger partial charge in [-0.2, -0.15) is 5.10 Å². The van der Waals surface area contributed by atoms with Gasteiger partial charge < -0.3 is 10.0 Å². The van der Waals surface area contributed by atoms with Crippen molar-refractivity contribution in [3.05, 3.63) is 32.4 Å². The van der Waals surface area contributed by atoms with Crippen molar-refractivity contribution >= 4 is 27.3 Å². The fourth-order valence-electron chi connectivity index (χ4n) is 1.76. The highest BCUT2D eigenvalue weighted by Crippen LogP contribution is 2.31. The Labute approximate surface area is 125 Å². The van der Waals surface area contributed by atoms with Crippen molar-refractivity contribution in [1.29, 1.82) is 0 Å². The lowest BCUT2D eigenvalue weighted by Gasteiger charge is -2.15. The molecule has 0 amide bonds. The topological polar surface area (TPSA) is 54.2 Å². The maximum atomic E-state index is 10.5. The zero-order valence-electron chi connectivity index (χ0n) is 11.2. The predicted molar refractivity (Wildman–Crippen MR) is 79.4 cm³/mol. The molecule has 0 bridgehead atoms. The first-order valence-corrected chi connectivity index (χ1v) is 7.56. The van der Waals surface area contributed by atoms with Gasteiger partial charge in [0.2, 0.25) is 0 Å². The molecule has 7 heteroatoms. The van der Waals surface area contributed by atoms with E-state index in [0.717, 1.165) is 33.1 Å². The van der Waals surface area contributed by atoms with E-state index in [4.69, 9.17) is 0 Å². The van der Waals surface area contributed by atoms with E-state index in [1.54, 1.807) is 12.4 Å². The molecule has 0 saturated heterocycles. The highest BCUT2D eigenvalue weighted by molar-refractivity contribution is 9.10. The molecule has 0 aliphatic heterocycles. The Morgan fingerprint density at radius 3 is 2.79 bits per heavy atom. The smallest absolute Gasteiger partial charge is 0.132 e. The van der Waals surface area contributed by atoms with Gasteiger partial charge in [-0.15, -0.1) is 11.3 Å². The van der Waals surface area contributed by atoms with Crippen LogP contribution in [0.5, 0.6) is 0 Å². The average Bonchev–Trinajstić information content (AvgIpc) is 2.92. The molecule has 0 aliphatic carbocycles. The van der Waals surface area contributed by atoms with Gasteiger partial charge in [0.05, 0.1) is 32.8 Å². The quantitative estimate of drug-likeness (QED) is 0.901. The van der Waals surface area contributed by atoms with Crippen LogP contribution in [0.4, 0.5) is 0 Å². The molecule has 1 unspecified atom stereocenters. The number of thiazole rings is 1. The Morgan fingerprint density at radius 2 is 2.21 bits per heavy atom. The van der Waals surface area contributed by atoms with Crippen molar-refractivity contribution < 1.29 is 5.11 Å². The van der Waals surface area contributed by atoms with E-state index in [0.29, 0.717) is 0 Å². The molecule has 104 valence electrons. The van der Waals surface area contributed by atoms with Crippen LogP contribution < -0.4 is 0 Å². The molecule has 0 aromatic carbocycles. The van der Waals surface area contributed by atoms with Crippen LogP contribution in [0, 0.1) is 6.92 Å². The molecule has 1 N–H and O–H groups in total. The van der Waals surface area contributed by atoms with Gasteiger partial charge in [0.1, 0.15) is 6.10 Å². The SMILES string of the molecule is Cc1ncc(C(O)c2c(Br)cnn2CCN(C)C)s1. The number of hydrogen-bond acceptors (Lipinski definition) is 5. The molecular formula is C12H17BrN4OS. The summed E-state index contributed by atoms with van der Waals surface area (Å²) in [6.07, 6.45) is 2.76. The minimum atomic E-state index is -0.690. The third-order valence-corrected chi connectivity index (χ3v) is 4.34. The Balaban J connectivity index is 2.25. The van der Waals surface area contributed by atoms with Gasteiger partial charge in [0, 0.05) is 12.7 Å². The van der Waals surface area contributed by atoms with Gasteiger partial charge in [0.25, 0.3) is 0 Å². The van der Waals surface area contributed by atoms with Gasteiger partial charge >= 0.3 is 0 Å². The first kappa shape index (κ1) is 14.6. The highest BCUT2D eigenvalue weighted by atomic mass is 79.9. The van der Waals surface area contributed by atoms with Crippen molar-refractivity contribution in [3.8, 4) is 0 Å². The largest absolute Gasteiger partial charge is 0.381 e. The summed E-state index contributed by atoms with van der Waals surface area (Å²) in [5, 5.41) is 15.7. The second-order valence-electron chi connectivity index (χ2n) is 4.59. The lowest BCUT2D eigenvalue weighted by atomic mass is 10.2. The van der Waals surface area contributed by atoms with Crippen LogP contribution in [0.25, 0.3) is 0 Å². The Hall–Kier alpha value is -0.760. The summed E-state index contributed by atoms with van der Waals surface area (Å²) in [5.74, 6) is 0. The van der Waals surface area contributed by atoms with Gasteiger partial charge in [-0.1, -0.05) is 0 Å². The minimum Gasteiger partial charge on any atom is -0.381 e. The van der Waals surface area contributed by atoms with Crippen LogP contribution in [0.2, 0.25) is 0 Å². The molecule has 0 aliphatic rings. The van der Waals surface area contributed by atoms with Crippen LogP contribution in [0.15, 0.2) is 16.9 Å². The molecule has 2 rings (SSSR count). The van der Waals surface area contributed by atoms with E-state index in [1.807, 2.05) is 25.7 Å². The molecular weight excluding hydrogens is 328 g/mol. The van der Waals surface area contributed by atoms with Gasteiger partial charge in [-0.05, 0) is 36.9 Å². The average molecular weight is 345 g/mol. The normalized spacial score (nSPS) is 13.2. The number of hydrogen-bond donors (Lipinski definition) is 1. The van der Waals surface area contributed by atoms with Gasteiger partial charge in [-0.3, -0.25) is 4.68 Å². The van der Waals surface area contributed by atoms with Crippen molar-refractivity contribution in [2.24, 2.45) is 0 Å². The van der Waals surface area contributed by atoms with E-state index in [9.17, 15) is 5.11 Å². The number of likely N-dealkylation sites (N-methyl/N-ethyl adjacent to an activating group) is 1. The highest BCUT2D eigenvalue weighted by Gasteiger charge is 2.21. The summed E-state index contributed by atoms with van der Waals surface area (Å²) < 4.78 is 2.66. The molecule has 0 spiro atoms. The molecule has 2 aromatic rings. The van der Waals surface area contributed by atoms with Crippen LogP contribution >= 0.6 is 27.3 Å². The molecule has 0 saturated carbocycles. The molecule has 2 aromatic heterocycles. The van der Waals surface area contributed by atoms with E-state index in [2.05, 4.69) is 30.9 Å². The summed E-state index contributed by atoms with van der Waals surface area (Å²) in [5.41, 5.74) is 0.783. The Morgan fingerprint density at radius 1 is 1.47 bits per heavy atom. The summed E-state index contributed by atoms with van der Waals surface area (Å²) in [6, 6.07) is 0. The van der Waals surface area contributed by atoms with Crippen molar-refractivity contribution in [2.45, 2.75) is 19.6 Å². The van der Waals surface area contributed by atoms with E-state index in [-0.39, 0.29) is 0 Å². The lowest BCUT2D eigenvalue weighted by Crippen LogP contribution is -2.21. The lowest BCUT2D eigenvalue weighted by molar-refractivity contribution is 0.208. The van der Waals surface area contributed by atoms with Gasteiger partial charge in [-0.25, -0.2) is 4.98 Å². The standard InChI is InChI=1S/C12H17BrN4OS/c1-8-14-7-10(19-8)12(18)11-9(13)6-15-17(11)5-4-16(2)3/h6-7,12,18H,4-5H2,1-3H3. The van der Waals surface area contributed by atoms with Crippen molar-refractivity contribution in [1.82, 2.24) is 19.7 Å². The number of nitrogens with zero attached hydrogens (tertiary/aromatic N) is 4. The second-order valence-corrected chi connectivity index (χ2v) is 6.71. The maximum Gasteiger partial charge on any atom is 0.132 e. The van der Waals surface area contributed by atoms with Crippen molar-refractivity contribution in [2.75, 3.05) is 20.6 Å². The fourth-order valence-corrected chi connectivity index (χ4v) is 3.04. The number of aliphatic hydroxyl groups is 1. The predicted octanol–water partition coefficient (Wildman–Crippen LogP) is 2.05. The molecule has 2 heterocycles. The Kier molecular flexibility index (Phi) is 4.72. The summed E-state index contributed by atoms with van der Waals surface area (Å²) in [4.78, 5) is 7.11. The number of rotatable bonds is 5.